The highest BCUT2D eigenvalue weighted by molar-refractivity contribution is 9.10. The molecule has 2 N–H and O–H groups in total. The van der Waals surface area contributed by atoms with Gasteiger partial charge in [0.2, 0.25) is 0 Å². The number of ether oxygens (including phenoxy) is 1. The number of carbonyl (C=O) groups excluding carboxylic acids is 1. The zero-order valence-electron chi connectivity index (χ0n) is 15.8. The Morgan fingerprint density at radius 3 is 2.50 bits per heavy atom. The minimum absolute atomic E-state index is 0.0704. The largest absolute Gasteiger partial charge is 0.371 e. The molecule has 0 heterocycles. The van der Waals surface area contributed by atoms with Gasteiger partial charge in [-0.25, -0.2) is 4.79 Å². The Bertz CT molecular complexity index is 741. The van der Waals surface area contributed by atoms with Crippen LogP contribution < -0.4 is 10.6 Å². The molecule has 1 unspecified atom stereocenters. The lowest BCUT2D eigenvalue weighted by Gasteiger charge is -2.19. The molecule has 0 bridgehead atoms. The summed E-state index contributed by atoms with van der Waals surface area (Å²) in [7, 11) is 0. The molecule has 0 aliphatic carbocycles. The van der Waals surface area contributed by atoms with Gasteiger partial charge in [-0.15, -0.1) is 0 Å². The summed E-state index contributed by atoms with van der Waals surface area (Å²) in [6.45, 7) is 9.11. The maximum Gasteiger partial charge on any atom is 0.315 e. The van der Waals surface area contributed by atoms with E-state index in [1.807, 2.05) is 70.2 Å². The van der Waals surface area contributed by atoms with Gasteiger partial charge in [-0.3, -0.25) is 0 Å². The van der Waals surface area contributed by atoms with Crippen LogP contribution in [0.15, 0.2) is 53.0 Å². The van der Waals surface area contributed by atoms with Gasteiger partial charge in [0.15, 0.2) is 0 Å². The summed E-state index contributed by atoms with van der Waals surface area (Å²) in [6, 6.07) is 15.7. The first-order valence-electron chi connectivity index (χ1n) is 8.74. The first-order valence-corrected chi connectivity index (χ1v) is 9.54. The van der Waals surface area contributed by atoms with Crippen LogP contribution in [0.2, 0.25) is 0 Å². The van der Waals surface area contributed by atoms with Crippen LogP contribution >= 0.6 is 15.9 Å². The van der Waals surface area contributed by atoms with Crippen molar-refractivity contribution in [3.8, 4) is 0 Å². The van der Waals surface area contributed by atoms with Crippen molar-refractivity contribution in [2.75, 3.05) is 0 Å². The number of amides is 2. The van der Waals surface area contributed by atoms with Gasteiger partial charge in [0, 0.05) is 11.0 Å². The van der Waals surface area contributed by atoms with E-state index in [1.54, 1.807) is 0 Å². The maximum atomic E-state index is 12.2. The first-order chi connectivity index (χ1) is 12.2. The number of hydrogen-bond donors (Lipinski definition) is 2. The highest BCUT2D eigenvalue weighted by Gasteiger charge is 2.11. The van der Waals surface area contributed by atoms with Crippen molar-refractivity contribution in [2.45, 2.75) is 52.5 Å². The lowest BCUT2D eigenvalue weighted by Crippen LogP contribution is -2.36. The van der Waals surface area contributed by atoms with E-state index < -0.39 is 0 Å². The quantitative estimate of drug-likeness (QED) is 0.666. The third kappa shape index (κ3) is 7.18. The number of nitrogens with one attached hydrogen (secondary N) is 2. The van der Waals surface area contributed by atoms with Crippen molar-refractivity contribution in [3.05, 3.63) is 69.7 Å². The molecule has 2 rings (SSSR count). The van der Waals surface area contributed by atoms with Crippen LogP contribution in [-0.4, -0.2) is 11.6 Å². The lowest BCUT2D eigenvalue weighted by atomic mass is 10.1. The van der Waals surface area contributed by atoms with Crippen LogP contribution in [0, 0.1) is 0 Å². The van der Waals surface area contributed by atoms with Gasteiger partial charge in [0.05, 0.1) is 18.2 Å². The molecule has 0 aliphatic heterocycles. The number of hydrogen-bond acceptors (Lipinski definition) is 2. The zero-order chi connectivity index (χ0) is 19.2. The SMILES string of the molecule is CC(NC(=O)NCc1cccc(COC(C)(C)C)c1)c1cccc(Br)c1. The molecule has 26 heavy (non-hydrogen) atoms. The third-order valence-corrected chi connectivity index (χ3v) is 4.31. The summed E-state index contributed by atoms with van der Waals surface area (Å²) in [4.78, 5) is 12.2. The van der Waals surface area contributed by atoms with E-state index in [0.717, 1.165) is 21.2 Å². The Morgan fingerprint density at radius 1 is 1.12 bits per heavy atom. The summed E-state index contributed by atoms with van der Waals surface area (Å²) in [5, 5.41) is 5.87. The van der Waals surface area contributed by atoms with Crippen LogP contribution in [0.5, 0.6) is 0 Å². The predicted octanol–water partition coefficient (Wildman–Crippen LogP) is 5.32. The monoisotopic (exact) mass is 418 g/mol. The summed E-state index contributed by atoms with van der Waals surface area (Å²) in [5.74, 6) is 0. The van der Waals surface area contributed by atoms with E-state index in [1.165, 1.54) is 0 Å². The number of rotatable bonds is 6. The van der Waals surface area contributed by atoms with Crippen LogP contribution in [0.25, 0.3) is 0 Å². The molecule has 1 atom stereocenters. The molecule has 4 nitrogen and oxygen atoms in total. The lowest BCUT2D eigenvalue weighted by molar-refractivity contribution is -0.0149. The summed E-state index contributed by atoms with van der Waals surface area (Å²) in [6.07, 6.45) is 0. The zero-order valence-corrected chi connectivity index (χ0v) is 17.4. The molecule has 0 aliphatic rings. The molecule has 0 aromatic heterocycles. The molecule has 2 amide bonds. The molecule has 140 valence electrons. The van der Waals surface area contributed by atoms with Crippen molar-refractivity contribution in [3.63, 3.8) is 0 Å². The molecule has 2 aromatic carbocycles. The van der Waals surface area contributed by atoms with Crippen molar-refractivity contribution < 1.29 is 9.53 Å². The van der Waals surface area contributed by atoms with E-state index >= 15 is 0 Å². The van der Waals surface area contributed by atoms with E-state index in [-0.39, 0.29) is 17.7 Å². The molecule has 0 saturated carbocycles. The molecule has 5 heteroatoms. The second-order valence-corrected chi connectivity index (χ2v) is 8.24. The molecule has 0 saturated heterocycles. The number of benzene rings is 2. The van der Waals surface area contributed by atoms with Crippen molar-refractivity contribution in [1.82, 2.24) is 10.6 Å². The fraction of sp³-hybridized carbons (Fsp3) is 0.381. The molecular formula is C21H27BrN2O2. The summed E-state index contributed by atoms with van der Waals surface area (Å²) in [5.41, 5.74) is 3.03. The van der Waals surface area contributed by atoms with Crippen LogP contribution in [0.4, 0.5) is 4.79 Å². The molecule has 0 radical (unpaired) electrons. The molecule has 0 fully saturated rings. The van der Waals surface area contributed by atoms with Crippen LogP contribution in [0.3, 0.4) is 0 Å². The van der Waals surface area contributed by atoms with E-state index in [0.29, 0.717) is 13.2 Å². The second kappa shape index (κ2) is 9.19. The average molecular weight is 419 g/mol. The average Bonchev–Trinajstić information content (AvgIpc) is 2.58. The van der Waals surface area contributed by atoms with Gasteiger partial charge in [-0.05, 0) is 56.5 Å². The Balaban J connectivity index is 1.85. The normalized spacial score (nSPS) is 12.5. The van der Waals surface area contributed by atoms with Gasteiger partial charge < -0.3 is 15.4 Å². The summed E-state index contributed by atoms with van der Waals surface area (Å²) < 4.78 is 6.80. The second-order valence-electron chi connectivity index (χ2n) is 7.32. The van der Waals surface area contributed by atoms with Gasteiger partial charge in [-0.2, -0.15) is 0 Å². The fourth-order valence-electron chi connectivity index (χ4n) is 2.42. The smallest absolute Gasteiger partial charge is 0.315 e. The fourth-order valence-corrected chi connectivity index (χ4v) is 2.84. The Morgan fingerprint density at radius 2 is 1.81 bits per heavy atom. The first kappa shape index (κ1) is 20.5. The van der Waals surface area contributed by atoms with E-state index in [2.05, 4.69) is 32.6 Å². The number of carbonyl (C=O) groups is 1. The van der Waals surface area contributed by atoms with Crippen LogP contribution in [0.1, 0.15) is 50.4 Å². The van der Waals surface area contributed by atoms with Crippen LogP contribution in [-0.2, 0) is 17.9 Å². The third-order valence-electron chi connectivity index (χ3n) is 3.81. The summed E-state index contributed by atoms with van der Waals surface area (Å²) >= 11 is 3.45. The standard InChI is InChI=1S/C21H27BrN2O2/c1-15(18-9-6-10-19(22)12-18)24-20(25)23-13-16-7-5-8-17(11-16)14-26-21(2,3)4/h5-12,15H,13-14H2,1-4H3,(H2,23,24,25). The van der Waals surface area contributed by atoms with Gasteiger partial charge in [0.1, 0.15) is 0 Å². The number of halogens is 1. The molecule has 2 aromatic rings. The maximum absolute atomic E-state index is 12.2. The van der Waals surface area contributed by atoms with Crippen molar-refractivity contribution in [2.24, 2.45) is 0 Å². The van der Waals surface area contributed by atoms with Gasteiger partial charge in [0.25, 0.3) is 0 Å². The minimum Gasteiger partial charge on any atom is -0.371 e. The van der Waals surface area contributed by atoms with E-state index in [9.17, 15) is 4.79 Å². The van der Waals surface area contributed by atoms with Crippen molar-refractivity contribution >= 4 is 22.0 Å². The predicted molar refractivity (Wildman–Crippen MR) is 109 cm³/mol. The van der Waals surface area contributed by atoms with Gasteiger partial charge >= 0.3 is 6.03 Å². The minimum atomic E-state index is -0.186. The Hall–Kier alpha value is -1.85. The van der Waals surface area contributed by atoms with Gasteiger partial charge in [-0.1, -0.05) is 52.3 Å². The van der Waals surface area contributed by atoms with E-state index in [4.69, 9.17) is 4.74 Å². The van der Waals surface area contributed by atoms with Crippen molar-refractivity contribution in [1.29, 1.82) is 0 Å². The highest BCUT2D eigenvalue weighted by atomic mass is 79.9. The molecule has 0 spiro atoms. The Kier molecular flexibility index (Phi) is 7.23. The topological polar surface area (TPSA) is 50.4 Å². The number of urea groups is 1. The highest BCUT2D eigenvalue weighted by Crippen LogP contribution is 2.18. The molecular weight excluding hydrogens is 392 g/mol. The Labute approximate surface area is 164 Å².